The first-order chi connectivity index (χ1) is 6.11. The molecule has 0 aromatic carbocycles. The molecule has 1 heterocycles. The standard InChI is InChI=1S/C10H17NOS/c1-8-5-7-13-10(8)9(12)4-6-11(2)3/h5,7,9,12H,4,6H2,1-3H3. The number of nitrogens with zero attached hydrogens (tertiary/aromatic N) is 1. The molecule has 0 spiro atoms. The monoisotopic (exact) mass is 199 g/mol. The molecule has 0 aliphatic carbocycles. The van der Waals surface area contributed by atoms with Crippen LogP contribution in [-0.2, 0) is 0 Å². The summed E-state index contributed by atoms with van der Waals surface area (Å²) >= 11 is 1.64. The van der Waals surface area contributed by atoms with Crippen LogP contribution < -0.4 is 0 Å². The summed E-state index contributed by atoms with van der Waals surface area (Å²) < 4.78 is 0. The van der Waals surface area contributed by atoms with Crippen molar-refractivity contribution in [1.29, 1.82) is 0 Å². The molecule has 13 heavy (non-hydrogen) atoms. The SMILES string of the molecule is Cc1ccsc1C(O)CCN(C)C. The number of aryl methyl sites for hydroxylation is 1. The molecule has 0 bridgehead atoms. The average molecular weight is 199 g/mol. The Morgan fingerprint density at radius 3 is 2.69 bits per heavy atom. The number of aliphatic hydroxyl groups is 1. The van der Waals surface area contributed by atoms with Crippen molar-refractivity contribution in [3.63, 3.8) is 0 Å². The molecule has 0 saturated carbocycles. The Morgan fingerprint density at radius 1 is 1.54 bits per heavy atom. The molecule has 1 aromatic heterocycles. The Labute approximate surface area is 83.8 Å². The molecule has 1 unspecified atom stereocenters. The van der Waals surface area contributed by atoms with Crippen LogP contribution in [0.5, 0.6) is 0 Å². The summed E-state index contributed by atoms with van der Waals surface area (Å²) in [5.41, 5.74) is 1.20. The third-order valence-electron chi connectivity index (χ3n) is 2.05. The fourth-order valence-electron chi connectivity index (χ4n) is 1.24. The van der Waals surface area contributed by atoms with Crippen LogP contribution in [0.2, 0.25) is 0 Å². The van der Waals surface area contributed by atoms with Crippen LogP contribution >= 0.6 is 11.3 Å². The summed E-state index contributed by atoms with van der Waals surface area (Å²) in [4.78, 5) is 3.20. The predicted molar refractivity (Wildman–Crippen MR) is 57.2 cm³/mol. The van der Waals surface area contributed by atoms with Gasteiger partial charge in [-0.3, -0.25) is 0 Å². The smallest absolute Gasteiger partial charge is 0.0896 e. The van der Waals surface area contributed by atoms with E-state index in [4.69, 9.17) is 0 Å². The maximum absolute atomic E-state index is 9.82. The molecule has 0 aliphatic rings. The lowest BCUT2D eigenvalue weighted by Crippen LogP contribution is -2.15. The quantitative estimate of drug-likeness (QED) is 0.802. The van der Waals surface area contributed by atoms with Crippen molar-refractivity contribution in [1.82, 2.24) is 4.90 Å². The second-order valence-corrected chi connectivity index (χ2v) is 4.52. The van der Waals surface area contributed by atoms with Crippen LogP contribution in [-0.4, -0.2) is 30.6 Å². The predicted octanol–water partition coefficient (Wildman–Crippen LogP) is 2.04. The minimum absolute atomic E-state index is 0.289. The third kappa shape index (κ3) is 3.10. The third-order valence-corrected chi connectivity index (χ3v) is 3.17. The second-order valence-electron chi connectivity index (χ2n) is 3.58. The molecule has 1 rings (SSSR count). The molecule has 0 aliphatic heterocycles. The van der Waals surface area contributed by atoms with E-state index in [2.05, 4.69) is 11.0 Å². The normalized spacial score (nSPS) is 13.6. The zero-order chi connectivity index (χ0) is 9.84. The van der Waals surface area contributed by atoms with E-state index in [0.717, 1.165) is 17.8 Å². The maximum atomic E-state index is 9.82. The van der Waals surface area contributed by atoms with E-state index in [9.17, 15) is 5.11 Å². The number of aliphatic hydroxyl groups excluding tert-OH is 1. The molecular weight excluding hydrogens is 182 g/mol. The van der Waals surface area contributed by atoms with Crippen molar-refractivity contribution in [2.45, 2.75) is 19.4 Å². The van der Waals surface area contributed by atoms with Gasteiger partial charge in [-0.25, -0.2) is 0 Å². The molecule has 74 valence electrons. The lowest BCUT2D eigenvalue weighted by Gasteiger charge is -2.13. The Morgan fingerprint density at radius 2 is 2.23 bits per heavy atom. The largest absolute Gasteiger partial charge is 0.388 e. The maximum Gasteiger partial charge on any atom is 0.0896 e. The van der Waals surface area contributed by atoms with Gasteiger partial charge in [-0.15, -0.1) is 11.3 Å². The molecule has 0 radical (unpaired) electrons. The summed E-state index contributed by atoms with van der Waals surface area (Å²) in [5.74, 6) is 0. The van der Waals surface area contributed by atoms with Gasteiger partial charge in [-0.2, -0.15) is 0 Å². The highest BCUT2D eigenvalue weighted by Crippen LogP contribution is 2.25. The van der Waals surface area contributed by atoms with E-state index in [0.29, 0.717) is 0 Å². The summed E-state index contributed by atoms with van der Waals surface area (Å²) in [6.45, 7) is 2.98. The van der Waals surface area contributed by atoms with E-state index in [1.54, 1.807) is 11.3 Å². The summed E-state index contributed by atoms with van der Waals surface area (Å²) in [5, 5.41) is 11.9. The molecule has 1 N–H and O–H groups in total. The molecule has 0 amide bonds. The first-order valence-electron chi connectivity index (χ1n) is 4.48. The minimum atomic E-state index is -0.289. The Hall–Kier alpha value is -0.380. The summed E-state index contributed by atoms with van der Waals surface area (Å²) in [7, 11) is 4.04. The van der Waals surface area contributed by atoms with Crippen molar-refractivity contribution in [3.05, 3.63) is 21.9 Å². The van der Waals surface area contributed by atoms with Crippen LogP contribution in [0, 0.1) is 6.92 Å². The topological polar surface area (TPSA) is 23.5 Å². The molecule has 1 aromatic rings. The van der Waals surface area contributed by atoms with Crippen LogP contribution in [0.4, 0.5) is 0 Å². The van der Waals surface area contributed by atoms with Gasteiger partial charge in [0.2, 0.25) is 0 Å². The first-order valence-corrected chi connectivity index (χ1v) is 5.36. The molecule has 2 nitrogen and oxygen atoms in total. The average Bonchev–Trinajstić information content (AvgIpc) is 2.47. The van der Waals surface area contributed by atoms with E-state index >= 15 is 0 Å². The van der Waals surface area contributed by atoms with Gasteiger partial charge in [-0.1, -0.05) is 0 Å². The Bertz CT molecular complexity index is 257. The van der Waals surface area contributed by atoms with E-state index in [1.165, 1.54) is 5.56 Å². The molecular formula is C10H17NOS. The van der Waals surface area contributed by atoms with Gasteiger partial charge < -0.3 is 10.0 Å². The van der Waals surface area contributed by atoms with E-state index < -0.39 is 0 Å². The lowest BCUT2D eigenvalue weighted by atomic mass is 10.1. The van der Waals surface area contributed by atoms with Crippen molar-refractivity contribution in [2.24, 2.45) is 0 Å². The minimum Gasteiger partial charge on any atom is -0.388 e. The van der Waals surface area contributed by atoms with Crippen LogP contribution in [0.1, 0.15) is 23.0 Å². The highest BCUT2D eigenvalue weighted by atomic mass is 32.1. The Kier molecular flexibility index (Phi) is 3.90. The van der Waals surface area contributed by atoms with Crippen LogP contribution in [0.3, 0.4) is 0 Å². The van der Waals surface area contributed by atoms with Gasteiger partial charge in [0, 0.05) is 11.4 Å². The van der Waals surface area contributed by atoms with Crippen molar-refractivity contribution in [3.8, 4) is 0 Å². The van der Waals surface area contributed by atoms with Gasteiger partial charge in [-0.05, 0) is 44.4 Å². The molecule has 3 heteroatoms. The fraction of sp³-hybridized carbons (Fsp3) is 0.600. The van der Waals surface area contributed by atoms with Crippen molar-refractivity contribution < 1.29 is 5.11 Å². The van der Waals surface area contributed by atoms with Crippen LogP contribution in [0.25, 0.3) is 0 Å². The highest BCUT2D eigenvalue weighted by molar-refractivity contribution is 7.10. The van der Waals surface area contributed by atoms with Crippen LogP contribution in [0.15, 0.2) is 11.4 Å². The number of rotatable bonds is 4. The van der Waals surface area contributed by atoms with Gasteiger partial charge in [0.1, 0.15) is 0 Å². The number of thiophene rings is 1. The first kappa shape index (κ1) is 10.7. The van der Waals surface area contributed by atoms with Gasteiger partial charge in [0.05, 0.1) is 6.10 Å². The van der Waals surface area contributed by atoms with Gasteiger partial charge in [0.25, 0.3) is 0 Å². The summed E-state index contributed by atoms with van der Waals surface area (Å²) in [6, 6.07) is 2.05. The van der Waals surface area contributed by atoms with E-state index in [1.807, 2.05) is 26.4 Å². The van der Waals surface area contributed by atoms with Gasteiger partial charge >= 0.3 is 0 Å². The zero-order valence-electron chi connectivity index (χ0n) is 8.45. The van der Waals surface area contributed by atoms with Crippen molar-refractivity contribution in [2.75, 3.05) is 20.6 Å². The summed E-state index contributed by atoms with van der Waals surface area (Å²) in [6.07, 6.45) is 0.524. The Balaban J connectivity index is 2.49. The highest BCUT2D eigenvalue weighted by Gasteiger charge is 2.11. The van der Waals surface area contributed by atoms with Gasteiger partial charge in [0.15, 0.2) is 0 Å². The number of hydrogen-bond acceptors (Lipinski definition) is 3. The van der Waals surface area contributed by atoms with E-state index in [-0.39, 0.29) is 6.10 Å². The molecule has 0 saturated heterocycles. The number of hydrogen-bond donors (Lipinski definition) is 1. The molecule has 0 fully saturated rings. The lowest BCUT2D eigenvalue weighted by molar-refractivity contribution is 0.157. The second kappa shape index (κ2) is 4.74. The van der Waals surface area contributed by atoms with Crippen molar-refractivity contribution >= 4 is 11.3 Å². The zero-order valence-corrected chi connectivity index (χ0v) is 9.27. The fourth-order valence-corrected chi connectivity index (χ4v) is 2.19. The molecule has 1 atom stereocenters.